The fourth-order valence-corrected chi connectivity index (χ4v) is 2.69. The average Bonchev–Trinajstić information content (AvgIpc) is 2.40. The van der Waals surface area contributed by atoms with Crippen molar-refractivity contribution in [1.82, 2.24) is 0 Å². The van der Waals surface area contributed by atoms with E-state index in [4.69, 9.17) is 9.47 Å². The minimum atomic E-state index is -0.758. The van der Waals surface area contributed by atoms with E-state index < -0.39 is 17.5 Å². The van der Waals surface area contributed by atoms with Crippen LogP contribution in [0.15, 0.2) is 0 Å². The number of ether oxygens (including phenoxy) is 2. The SMILES string of the molecule is CCOC(=O)C(CC)C(=O)C1(OC)CCCCC1. The topological polar surface area (TPSA) is 52.6 Å². The van der Waals surface area contributed by atoms with Crippen molar-refractivity contribution in [3.63, 3.8) is 0 Å². The molecule has 1 atom stereocenters. The van der Waals surface area contributed by atoms with Crippen LogP contribution in [0, 0.1) is 5.92 Å². The van der Waals surface area contributed by atoms with Crippen molar-refractivity contribution in [1.29, 1.82) is 0 Å². The van der Waals surface area contributed by atoms with Crippen LogP contribution in [-0.4, -0.2) is 31.1 Å². The zero-order valence-electron chi connectivity index (χ0n) is 11.7. The summed E-state index contributed by atoms with van der Waals surface area (Å²) in [4.78, 5) is 24.4. The smallest absolute Gasteiger partial charge is 0.316 e. The van der Waals surface area contributed by atoms with Gasteiger partial charge in [-0.3, -0.25) is 9.59 Å². The maximum Gasteiger partial charge on any atom is 0.316 e. The number of Topliss-reactive ketones (excluding diaryl/α,β-unsaturated/α-hetero) is 1. The van der Waals surface area contributed by atoms with Gasteiger partial charge in [-0.15, -0.1) is 0 Å². The van der Waals surface area contributed by atoms with Crippen molar-refractivity contribution in [3.05, 3.63) is 0 Å². The van der Waals surface area contributed by atoms with Crippen LogP contribution in [0.1, 0.15) is 52.4 Å². The first-order valence-corrected chi connectivity index (χ1v) is 6.87. The zero-order chi connectivity index (χ0) is 13.6. The van der Waals surface area contributed by atoms with Gasteiger partial charge in [0, 0.05) is 7.11 Å². The third kappa shape index (κ3) is 3.10. The largest absolute Gasteiger partial charge is 0.465 e. The molecule has 104 valence electrons. The third-order valence-electron chi connectivity index (χ3n) is 3.80. The predicted molar refractivity (Wildman–Crippen MR) is 68.2 cm³/mol. The molecule has 0 spiro atoms. The van der Waals surface area contributed by atoms with Crippen molar-refractivity contribution in [2.24, 2.45) is 5.92 Å². The second-order valence-corrected chi connectivity index (χ2v) is 4.84. The number of ketones is 1. The van der Waals surface area contributed by atoms with Gasteiger partial charge < -0.3 is 9.47 Å². The van der Waals surface area contributed by atoms with Gasteiger partial charge in [0.25, 0.3) is 0 Å². The highest BCUT2D eigenvalue weighted by Crippen LogP contribution is 2.34. The number of carbonyl (C=O) groups is 2. The standard InChI is InChI=1S/C14H24O4/c1-4-11(13(16)18-5-2)12(15)14(17-3)9-7-6-8-10-14/h11H,4-10H2,1-3H3. The summed E-state index contributed by atoms with van der Waals surface area (Å²) < 4.78 is 10.5. The first-order chi connectivity index (χ1) is 8.61. The van der Waals surface area contributed by atoms with Crippen LogP contribution in [-0.2, 0) is 19.1 Å². The van der Waals surface area contributed by atoms with E-state index in [-0.39, 0.29) is 5.78 Å². The molecule has 0 saturated heterocycles. The Morgan fingerprint density at radius 2 is 1.78 bits per heavy atom. The summed E-state index contributed by atoms with van der Waals surface area (Å²) in [5, 5.41) is 0. The molecule has 1 aliphatic rings. The highest BCUT2D eigenvalue weighted by atomic mass is 16.5. The normalized spacial score (nSPS) is 20.2. The quantitative estimate of drug-likeness (QED) is 0.541. The molecule has 0 amide bonds. The summed E-state index contributed by atoms with van der Waals surface area (Å²) >= 11 is 0. The molecule has 0 aromatic rings. The third-order valence-corrected chi connectivity index (χ3v) is 3.80. The summed E-state index contributed by atoms with van der Waals surface area (Å²) in [6.07, 6.45) is 5.02. The lowest BCUT2D eigenvalue weighted by Crippen LogP contribution is -2.48. The molecule has 1 fully saturated rings. The van der Waals surface area contributed by atoms with Crippen molar-refractivity contribution >= 4 is 11.8 Å². The van der Waals surface area contributed by atoms with E-state index in [0.717, 1.165) is 32.1 Å². The average molecular weight is 256 g/mol. The Balaban J connectivity index is 2.83. The van der Waals surface area contributed by atoms with Crippen LogP contribution in [0.4, 0.5) is 0 Å². The highest BCUT2D eigenvalue weighted by Gasteiger charge is 2.45. The second-order valence-electron chi connectivity index (χ2n) is 4.84. The Bertz CT molecular complexity index is 292. The van der Waals surface area contributed by atoms with Gasteiger partial charge >= 0.3 is 5.97 Å². The van der Waals surface area contributed by atoms with Crippen molar-refractivity contribution in [2.75, 3.05) is 13.7 Å². The fraction of sp³-hybridized carbons (Fsp3) is 0.857. The van der Waals surface area contributed by atoms with Crippen LogP contribution in [0.5, 0.6) is 0 Å². The van der Waals surface area contributed by atoms with Gasteiger partial charge in [0.2, 0.25) is 0 Å². The Labute approximate surface area is 109 Å². The number of esters is 1. The Morgan fingerprint density at radius 3 is 2.22 bits per heavy atom. The lowest BCUT2D eigenvalue weighted by molar-refractivity contribution is -0.162. The molecule has 1 saturated carbocycles. The summed E-state index contributed by atoms with van der Waals surface area (Å²) in [6, 6.07) is 0. The maximum absolute atomic E-state index is 12.6. The van der Waals surface area contributed by atoms with Gasteiger partial charge in [-0.2, -0.15) is 0 Å². The van der Waals surface area contributed by atoms with E-state index in [2.05, 4.69) is 0 Å². The lowest BCUT2D eigenvalue weighted by atomic mass is 9.76. The van der Waals surface area contributed by atoms with Gasteiger partial charge in [-0.1, -0.05) is 26.2 Å². The Kier molecular flexibility index (Phi) is 5.79. The van der Waals surface area contributed by atoms with E-state index >= 15 is 0 Å². The molecule has 0 heterocycles. The Morgan fingerprint density at radius 1 is 1.17 bits per heavy atom. The minimum Gasteiger partial charge on any atom is -0.465 e. The molecule has 0 bridgehead atoms. The molecule has 0 radical (unpaired) electrons. The Hall–Kier alpha value is -0.900. The van der Waals surface area contributed by atoms with Crippen LogP contribution >= 0.6 is 0 Å². The van der Waals surface area contributed by atoms with E-state index in [1.807, 2.05) is 6.92 Å². The molecule has 0 aromatic heterocycles. The van der Waals surface area contributed by atoms with Gasteiger partial charge in [0.05, 0.1) is 6.61 Å². The number of carbonyl (C=O) groups excluding carboxylic acids is 2. The van der Waals surface area contributed by atoms with Gasteiger partial charge in [-0.25, -0.2) is 0 Å². The van der Waals surface area contributed by atoms with Gasteiger partial charge in [0.1, 0.15) is 11.5 Å². The van der Waals surface area contributed by atoms with Crippen molar-refractivity contribution < 1.29 is 19.1 Å². The molecule has 1 rings (SSSR count). The first-order valence-electron chi connectivity index (χ1n) is 6.87. The van der Waals surface area contributed by atoms with Crippen molar-refractivity contribution in [2.45, 2.75) is 58.0 Å². The number of methoxy groups -OCH3 is 1. The van der Waals surface area contributed by atoms with Crippen LogP contribution < -0.4 is 0 Å². The van der Waals surface area contributed by atoms with E-state index in [0.29, 0.717) is 13.0 Å². The number of rotatable bonds is 6. The molecule has 1 aliphatic carbocycles. The highest BCUT2D eigenvalue weighted by molar-refractivity contribution is 6.03. The molecule has 0 aliphatic heterocycles. The first kappa shape index (κ1) is 15.2. The summed E-state index contributed by atoms with van der Waals surface area (Å²) in [5.74, 6) is -1.18. The molecule has 0 N–H and O–H groups in total. The van der Waals surface area contributed by atoms with Gasteiger partial charge in [0.15, 0.2) is 5.78 Å². The van der Waals surface area contributed by atoms with Gasteiger partial charge in [-0.05, 0) is 26.2 Å². The van der Waals surface area contributed by atoms with E-state index in [9.17, 15) is 9.59 Å². The van der Waals surface area contributed by atoms with E-state index in [1.54, 1.807) is 14.0 Å². The van der Waals surface area contributed by atoms with Crippen LogP contribution in [0.25, 0.3) is 0 Å². The fourth-order valence-electron chi connectivity index (χ4n) is 2.69. The molecule has 18 heavy (non-hydrogen) atoms. The molecular formula is C14H24O4. The predicted octanol–water partition coefficient (Wildman–Crippen LogP) is 2.49. The summed E-state index contributed by atoms with van der Waals surface area (Å²) in [5.41, 5.74) is -0.758. The van der Waals surface area contributed by atoms with Crippen LogP contribution in [0.3, 0.4) is 0 Å². The number of hydrogen-bond acceptors (Lipinski definition) is 4. The molecule has 4 heteroatoms. The summed E-state index contributed by atoms with van der Waals surface area (Å²) in [7, 11) is 1.57. The molecule has 4 nitrogen and oxygen atoms in total. The lowest BCUT2D eigenvalue weighted by Gasteiger charge is -2.36. The number of hydrogen-bond donors (Lipinski definition) is 0. The van der Waals surface area contributed by atoms with Crippen LogP contribution in [0.2, 0.25) is 0 Å². The molecular weight excluding hydrogens is 232 g/mol. The minimum absolute atomic E-state index is 0.0920. The van der Waals surface area contributed by atoms with E-state index in [1.165, 1.54) is 0 Å². The summed E-state index contributed by atoms with van der Waals surface area (Å²) in [6.45, 7) is 3.90. The zero-order valence-corrected chi connectivity index (χ0v) is 11.7. The maximum atomic E-state index is 12.6. The molecule has 1 unspecified atom stereocenters. The second kappa shape index (κ2) is 6.88. The molecule has 0 aromatic carbocycles. The van der Waals surface area contributed by atoms with Crippen molar-refractivity contribution in [3.8, 4) is 0 Å². The monoisotopic (exact) mass is 256 g/mol.